The SMILES string of the molecule is O=C1O[C@H](c2ccccc2)[C@H](c2ccccc2)N2[C@H]1[C@@H](C(=O)O)[C@]1(C(=O)N(C(=O)OCc3ccc([N+](=O)[O-])cc3)c3ccc(C#CC4=CCCCC4)cc31)[C@H]2c1ccccc1OCCO. The predicted octanol–water partition coefficient (Wildman–Crippen LogP) is 7.90. The number of cyclic esters (lactones) is 1. The average molecular weight is 874 g/mol. The Morgan fingerprint density at radius 3 is 2.25 bits per heavy atom. The van der Waals surface area contributed by atoms with Crippen LogP contribution in [-0.2, 0) is 35.9 Å². The number of fused-ring (bicyclic) bond motifs is 3. The maximum Gasteiger partial charge on any atom is 0.421 e. The number of non-ortho nitro benzene ring substituents is 1. The summed E-state index contributed by atoms with van der Waals surface area (Å²) in [6.07, 6.45) is 3.68. The molecule has 2 amide bonds. The highest BCUT2D eigenvalue weighted by atomic mass is 16.6. The molecule has 1 spiro atoms. The molecule has 3 heterocycles. The van der Waals surface area contributed by atoms with Gasteiger partial charge in [-0.2, -0.15) is 0 Å². The molecule has 14 heteroatoms. The summed E-state index contributed by atoms with van der Waals surface area (Å²) in [6, 6.07) is 31.3. The number of imide groups is 1. The number of hydrogen-bond donors (Lipinski definition) is 2. The van der Waals surface area contributed by atoms with Crippen LogP contribution in [0.2, 0.25) is 0 Å². The molecule has 5 aromatic rings. The predicted molar refractivity (Wildman–Crippen MR) is 235 cm³/mol. The number of aliphatic hydroxyl groups is 1. The van der Waals surface area contributed by atoms with Gasteiger partial charge in [-0.3, -0.25) is 29.4 Å². The van der Waals surface area contributed by atoms with Gasteiger partial charge in [-0.25, -0.2) is 9.69 Å². The van der Waals surface area contributed by atoms with E-state index in [1.54, 1.807) is 53.4 Å². The van der Waals surface area contributed by atoms with E-state index in [1.807, 2.05) is 48.5 Å². The first kappa shape index (κ1) is 42.7. The zero-order valence-electron chi connectivity index (χ0n) is 34.9. The zero-order valence-corrected chi connectivity index (χ0v) is 34.9. The van der Waals surface area contributed by atoms with Crippen molar-refractivity contribution in [3.05, 3.63) is 183 Å². The third-order valence-corrected chi connectivity index (χ3v) is 12.6. The first-order valence-corrected chi connectivity index (χ1v) is 21.4. The van der Waals surface area contributed by atoms with Crippen molar-refractivity contribution < 1.29 is 48.5 Å². The van der Waals surface area contributed by atoms with Crippen molar-refractivity contribution in [2.75, 3.05) is 18.1 Å². The lowest BCUT2D eigenvalue weighted by Crippen LogP contribution is -2.53. The molecule has 3 aliphatic heterocycles. The van der Waals surface area contributed by atoms with Crippen LogP contribution < -0.4 is 9.64 Å². The van der Waals surface area contributed by atoms with Crippen LogP contribution >= 0.6 is 0 Å². The standard InChI is InChI=1S/C51H43N3O11/c55-28-29-63-41-19-11-10-18-38(41)46-51(42(47(56)57)44-48(58)65-45(36-16-8-3-9-17-36)43(53(44)46)35-14-6-2-7-15-35)39-30-33(21-20-32-12-4-1-5-13-32)24-27-40(39)52(49(51)59)50(60)64-31-34-22-25-37(26-23-34)54(61)62/h2-3,6-12,14-19,22-27,30,42-46,55H,1,4-5,13,28-29,31H2,(H,56,57)/t42-,43-,44-,45+,46+,51-/m0/s1. The molecule has 4 aliphatic rings. The lowest BCUT2D eigenvalue weighted by atomic mass is 9.65. The number of allylic oxidation sites excluding steroid dienone is 2. The van der Waals surface area contributed by atoms with Gasteiger partial charge in [0.25, 0.3) is 5.69 Å². The summed E-state index contributed by atoms with van der Waals surface area (Å²) in [5.41, 5.74) is 1.09. The van der Waals surface area contributed by atoms with Gasteiger partial charge in [0.15, 0.2) is 0 Å². The second-order valence-electron chi connectivity index (χ2n) is 16.3. The van der Waals surface area contributed by atoms with E-state index in [0.29, 0.717) is 27.8 Å². The van der Waals surface area contributed by atoms with E-state index >= 15 is 4.79 Å². The largest absolute Gasteiger partial charge is 0.491 e. The molecule has 328 valence electrons. The number of para-hydroxylation sites is 1. The van der Waals surface area contributed by atoms with Gasteiger partial charge in [0, 0.05) is 23.3 Å². The second kappa shape index (κ2) is 17.9. The summed E-state index contributed by atoms with van der Waals surface area (Å²) in [7, 11) is 0. The van der Waals surface area contributed by atoms with Crippen molar-refractivity contribution >= 4 is 35.3 Å². The van der Waals surface area contributed by atoms with E-state index in [-0.39, 0.29) is 42.5 Å². The number of amides is 2. The van der Waals surface area contributed by atoms with Crippen LogP contribution in [0, 0.1) is 27.9 Å². The van der Waals surface area contributed by atoms with E-state index in [9.17, 15) is 34.7 Å². The summed E-state index contributed by atoms with van der Waals surface area (Å²) in [6.45, 7) is -0.903. The topological polar surface area (TPSA) is 186 Å². The maximum absolute atomic E-state index is 16.1. The van der Waals surface area contributed by atoms with E-state index in [4.69, 9.17) is 14.2 Å². The Balaban J connectivity index is 1.30. The summed E-state index contributed by atoms with van der Waals surface area (Å²) >= 11 is 0. The van der Waals surface area contributed by atoms with Crippen LogP contribution in [0.5, 0.6) is 5.75 Å². The number of aliphatic hydroxyl groups excluding tert-OH is 1. The smallest absolute Gasteiger partial charge is 0.421 e. The van der Waals surface area contributed by atoms with Gasteiger partial charge in [0.1, 0.15) is 42.4 Å². The summed E-state index contributed by atoms with van der Waals surface area (Å²) in [5, 5.41) is 33.0. The van der Waals surface area contributed by atoms with E-state index in [0.717, 1.165) is 36.2 Å². The van der Waals surface area contributed by atoms with Crippen molar-refractivity contribution in [2.45, 2.75) is 61.9 Å². The average Bonchev–Trinajstić information content (AvgIpc) is 3.79. The fraction of sp³-hybridized carbons (Fsp3) is 0.255. The molecule has 0 unspecified atom stereocenters. The molecule has 2 saturated heterocycles. The summed E-state index contributed by atoms with van der Waals surface area (Å²) < 4.78 is 18.3. The van der Waals surface area contributed by atoms with Gasteiger partial charge in [-0.1, -0.05) is 96.8 Å². The molecule has 5 aromatic carbocycles. The van der Waals surface area contributed by atoms with Crippen molar-refractivity contribution in [3.8, 4) is 17.6 Å². The van der Waals surface area contributed by atoms with E-state index < -0.39 is 64.4 Å². The quantitative estimate of drug-likeness (QED) is 0.0599. The van der Waals surface area contributed by atoms with Crippen molar-refractivity contribution in [3.63, 3.8) is 0 Å². The number of esters is 1. The van der Waals surface area contributed by atoms with Crippen LogP contribution in [-0.4, -0.2) is 63.2 Å². The molecule has 2 N–H and O–H groups in total. The van der Waals surface area contributed by atoms with Gasteiger partial charge in [0.05, 0.1) is 29.3 Å². The van der Waals surface area contributed by atoms with Crippen LogP contribution in [0.15, 0.2) is 139 Å². The monoisotopic (exact) mass is 873 g/mol. The van der Waals surface area contributed by atoms with Crippen molar-refractivity contribution in [1.29, 1.82) is 0 Å². The van der Waals surface area contributed by atoms with Gasteiger partial charge < -0.3 is 24.4 Å². The number of rotatable bonds is 10. The number of nitro groups is 1. The number of aliphatic carboxylic acids is 1. The van der Waals surface area contributed by atoms with Crippen molar-refractivity contribution in [1.82, 2.24) is 4.90 Å². The number of hydrogen-bond acceptors (Lipinski definition) is 11. The second-order valence-corrected chi connectivity index (χ2v) is 16.3. The Bertz CT molecular complexity index is 2770. The van der Waals surface area contributed by atoms with Gasteiger partial charge >= 0.3 is 18.0 Å². The van der Waals surface area contributed by atoms with Crippen LogP contribution in [0.25, 0.3) is 0 Å². The number of anilines is 1. The van der Waals surface area contributed by atoms with Crippen LogP contribution in [0.3, 0.4) is 0 Å². The molecule has 2 fully saturated rings. The number of benzene rings is 5. The van der Waals surface area contributed by atoms with E-state index in [2.05, 4.69) is 17.9 Å². The number of morpholine rings is 1. The van der Waals surface area contributed by atoms with Gasteiger partial charge in [0.2, 0.25) is 5.91 Å². The molecule has 0 saturated carbocycles. The first-order valence-electron chi connectivity index (χ1n) is 21.4. The third kappa shape index (κ3) is 7.58. The van der Waals surface area contributed by atoms with Crippen LogP contribution in [0.1, 0.15) is 77.3 Å². The Kier molecular flexibility index (Phi) is 11.7. The minimum Gasteiger partial charge on any atom is -0.491 e. The number of nitro benzene ring substituents is 1. The highest BCUT2D eigenvalue weighted by Gasteiger charge is 2.76. The summed E-state index contributed by atoms with van der Waals surface area (Å²) in [4.78, 5) is 73.4. The highest BCUT2D eigenvalue weighted by Crippen LogP contribution is 2.66. The Morgan fingerprint density at radius 2 is 1.57 bits per heavy atom. The lowest BCUT2D eigenvalue weighted by Gasteiger charge is -2.46. The number of carboxylic acid groups (broad SMARTS) is 1. The molecule has 65 heavy (non-hydrogen) atoms. The Labute approximate surface area is 373 Å². The molecule has 0 radical (unpaired) electrons. The number of ether oxygens (including phenoxy) is 3. The fourth-order valence-electron chi connectivity index (χ4n) is 9.94. The molecule has 0 bridgehead atoms. The molecule has 6 atom stereocenters. The minimum atomic E-state index is -2.27. The molecule has 1 aliphatic carbocycles. The zero-order chi connectivity index (χ0) is 45.2. The first-order chi connectivity index (χ1) is 31.6. The fourth-order valence-corrected chi connectivity index (χ4v) is 9.94. The molecular formula is C51H43N3O11. The minimum absolute atomic E-state index is 0.0280. The number of carboxylic acids is 1. The number of carbonyl (C=O) groups is 4. The Hall–Kier alpha value is -7.60. The molecule has 0 aromatic heterocycles. The van der Waals surface area contributed by atoms with Gasteiger partial charge in [-0.05, 0) is 89.9 Å². The summed E-state index contributed by atoms with van der Waals surface area (Å²) in [5.74, 6) is 1.46. The van der Waals surface area contributed by atoms with Crippen LogP contribution in [0.4, 0.5) is 16.2 Å². The Morgan fingerprint density at radius 1 is 0.862 bits per heavy atom. The lowest BCUT2D eigenvalue weighted by molar-refractivity contribution is -0.384. The molecule has 14 nitrogen and oxygen atoms in total. The number of carbonyl (C=O) groups excluding carboxylic acids is 3. The van der Waals surface area contributed by atoms with Crippen molar-refractivity contribution in [2.24, 2.45) is 5.92 Å². The number of nitrogens with zero attached hydrogens (tertiary/aromatic N) is 3. The van der Waals surface area contributed by atoms with Gasteiger partial charge in [-0.15, -0.1) is 0 Å². The molecular weight excluding hydrogens is 831 g/mol. The highest BCUT2D eigenvalue weighted by molar-refractivity contribution is 6.23. The third-order valence-electron chi connectivity index (χ3n) is 12.6. The van der Waals surface area contributed by atoms with E-state index in [1.165, 1.54) is 30.3 Å². The molecule has 9 rings (SSSR count). The normalized spacial score (nSPS) is 23.4. The maximum atomic E-state index is 16.1.